The summed E-state index contributed by atoms with van der Waals surface area (Å²) in [6.07, 6.45) is 0.0576. The fourth-order valence-corrected chi connectivity index (χ4v) is 4.07. The third-order valence-corrected chi connectivity index (χ3v) is 5.68. The van der Waals surface area contributed by atoms with Crippen molar-refractivity contribution in [2.45, 2.75) is 6.42 Å². The fraction of sp³-hybridized carbons (Fsp3) is 0.176. The van der Waals surface area contributed by atoms with Gasteiger partial charge in [0.2, 0.25) is 11.8 Å². The van der Waals surface area contributed by atoms with E-state index in [0.29, 0.717) is 11.6 Å². The van der Waals surface area contributed by atoms with Gasteiger partial charge in [0.15, 0.2) is 0 Å². The van der Waals surface area contributed by atoms with Gasteiger partial charge in [0.25, 0.3) is 5.89 Å². The summed E-state index contributed by atoms with van der Waals surface area (Å²) in [5.74, 6) is -1.22. The van der Waals surface area contributed by atoms with Gasteiger partial charge in [0.05, 0.1) is 14.6 Å². The van der Waals surface area contributed by atoms with Gasteiger partial charge in [0, 0.05) is 18.7 Å². The molecular formula is C17H12BrFN4O3S. The van der Waals surface area contributed by atoms with Crippen LogP contribution < -0.4 is 10.2 Å². The number of thiophene rings is 1. The predicted molar refractivity (Wildman–Crippen MR) is 101 cm³/mol. The van der Waals surface area contributed by atoms with E-state index in [0.717, 1.165) is 8.66 Å². The number of amides is 2. The number of rotatable bonds is 4. The van der Waals surface area contributed by atoms with Crippen molar-refractivity contribution in [1.29, 1.82) is 0 Å². The number of nitrogens with zero attached hydrogens (tertiary/aromatic N) is 3. The van der Waals surface area contributed by atoms with Crippen molar-refractivity contribution >= 4 is 50.8 Å². The van der Waals surface area contributed by atoms with Gasteiger partial charge in [-0.1, -0.05) is 5.10 Å². The Labute approximate surface area is 165 Å². The fourth-order valence-electron chi connectivity index (χ4n) is 2.76. The Hall–Kier alpha value is -2.59. The summed E-state index contributed by atoms with van der Waals surface area (Å²) in [4.78, 5) is 26.9. The Balaban J connectivity index is 1.42. The molecule has 0 radical (unpaired) electrons. The molecule has 138 valence electrons. The van der Waals surface area contributed by atoms with E-state index in [1.807, 2.05) is 12.1 Å². The third kappa shape index (κ3) is 3.76. The molecule has 1 fully saturated rings. The van der Waals surface area contributed by atoms with Crippen LogP contribution in [0.1, 0.15) is 6.42 Å². The van der Waals surface area contributed by atoms with Crippen molar-refractivity contribution in [3.63, 3.8) is 0 Å². The minimum absolute atomic E-state index is 0.0211. The molecule has 7 nitrogen and oxygen atoms in total. The van der Waals surface area contributed by atoms with Crippen LogP contribution in [0.4, 0.5) is 16.1 Å². The van der Waals surface area contributed by atoms with E-state index >= 15 is 0 Å². The zero-order valence-electron chi connectivity index (χ0n) is 13.7. The van der Waals surface area contributed by atoms with Crippen LogP contribution in [0.15, 0.2) is 44.6 Å². The molecule has 1 aliphatic heterocycles. The first-order valence-electron chi connectivity index (χ1n) is 7.95. The summed E-state index contributed by atoms with van der Waals surface area (Å²) >= 11 is 4.78. The molecule has 4 rings (SSSR count). The summed E-state index contributed by atoms with van der Waals surface area (Å²) in [6, 6.07) is 9.24. The van der Waals surface area contributed by atoms with Crippen LogP contribution in [0.2, 0.25) is 0 Å². The number of halogens is 2. The summed E-state index contributed by atoms with van der Waals surface area (Å²) in [5.41, 5.74) is 0.556. The topological polar surface area (TPSA) is 88.3 Å². The Morgan fingerprint density at radius 1 is 1.26 bits per heavy atom. The largest absolute Gasteiger partial charge is 0.402 e. The average Bonchev–Trinajstić information content (AvgIpc) is 3.36. The van der Waals surface area contributed by atoms with Crippen molar-refractivity contribution in [1.82, 2.24) is 10.2 Å². The van der Waals surface area contributed by atoms with Gasteiger partial charge < -0.3 is 9.32 Å². The van der Waals surface area contributed by atoms with E-state index in [9.17, 15) is 14.0 Å². The van der Waals surface area contributed by atoms with Gasteiger partial charge in [0.1, 0.15) is 5.82 Å². The van der Waals surface area contributed by atoms with E-state index in [2.05, 4.69) is 31.4 Å². The van der Waals surface area contributed by atoms with Crippen molar-refractivity contribution in [3.8, 4) is 10.8 Å². The molecule has 1 saturated heterocycles. The molecule has 0 bridgehead atoms. The highest BCUT2D eigenvalue weighted by Crippen LogP contribution is 2.31. The SMILES string of the molecule is O=C(Nc1nnc(-c2ccc(Br)s2)o1)C1CC(=O)N(c2ccc(F)cc2)C1. The molecule has 1 unspecified atom stereocenters. The lowest BCUT2D eigenvalue weighted by atomic mass is 10.1. The van der Waals surface area contributed by atoms with Gasteiger partial charge in [-0.3, -0.25) is 14.9 Å². The minimum Gasteiger partial charge on any atom is -0.402 e. The van der Waals surface area contributed by atoms with Gasteiger partial charge in [-0.2, -0.15) is 0 Å². The standard InChI is InChI=1S/C17H12BrFN4O3S/c18-13-6-5-12(27-13)16-21-22-17(26-16)20-15(25)9-7-14(24)23(8-9)11-3-1-10(19)2-4-11/h1-6,9H,7-8H2,(H,20,22,25). The van der Waals surface area contributed by atoms with Crippen molar-refractivity contribution < 1.29 is 18.4 Å². The zero-order valence-corrected chi connectivity index (χ0v) is 16.1. The number of hydrogen-bond donors (Lipinski definition) is 1. The van der Waals surface area contributed by atoms with E-state index in [1.54, 1.807) is 0 Å². The lowest BCUT2D eigenvalue weighted by Crippen LogP contribution is -2.28. The quantitative estimate of drug-likeness (QED) is 0.654. The second kappa shape index (κ2) is 7.20. The molecule has 0 aliphatic carbocycles. The summed E-state index contributed by atoms with van der Waals surface area (Å²) in [6.45, 7) is 0.204. The molecule has 0 saturated carbocycles. The highest BCUT2D eigenvalue weighted by molar-refractivity contribution is 9.11. The number of carbonyl (C=O) groups is 2. The highest BCUT2D eigenvalue weighted by atomic mass is 79.9. The molecule has 1 atom stereocenters. The van der Waals surface area contributed by atoms with Crippen LogP contribution in [0.25, 0.3) is 10.8 Å². The second-order valence-corrected chi connectivity index (χ2v) is 8.35. The van der Waals surface area contributed by atoms with Crippen LogP contribution in [0.3, 0.4) is 0 Å². The smallest absolute Gasteiger partial charge is 0.322 e. The van der Waals surface area contributed by atoms with E-state index in [-0.39, 0.29) is 36.6 Å². The van der Waals surface area contributed by atoms with Crippen molar-refractivity contribution in [2.24, 2.45) is 5.92 Å². The number of aromatic nitrogens is 2. The molecule has 0 spiro atoms. The predicted octanol–water partition coefficient (Wildman–Crippen LogP) is 3.69. The Morgan fingerprint density at radius 2 is 2.04 bits per heavy atom. The molecule has 2 amide bonds. The summed E-state index contributed by atoms with van der Waals surface area (Å²) in [7, 11) is 0. The molecule has 27 heavy (non-hydrogen) atoms. The molecule has 1 aliphatic rings. The van der Waals surface area contributed by atoms with Crippen LogP contribution in [0, 0.1) is 11.7 Å². The number of anilines is 2. The number of hydrogen-bond acceptors (Lipinski definition) is 6. The van der Waals surface area contributed by atoms with Gasteiger partial charge in [-0.25, -0.2) is 4.39 Å². The number of carbonyl (C=O) groups excluding carboxylic acids is 2. The highest BCUT2D eigenvalue weighted by Gasteiger charge is 2.35. The second-order valence-electron chi connectivity index (χ2n) is 5.89. The molecule has 1 aromatic carbocycles. The molecule has 3 aromatic rings. The molecule has 1 N–H and O–H groups in total. The van der Waals surface area contributed by atoms with Gasteiger partial charge in [-0.15, -0.1) is 16.4 Å². The first-order valence-corrected chi connectivity index (χ1v) is 9.56. The zero-order chi connectivity index (χ0) is 19.0. The molecular weight excluding hydrogens is 439 g/mol. The Morgan fingerprint density at radius 3 is 2.74 bits per heavy atom. The van der Waals surface area contributed by atoms with Crippen LogP contribution in [-0.4, -0.2) is 28.6 Å². The minimum atomic E-state index is -0.561. The van der Waals surface area contributed by atoms with Crippen LogP contribution in [0.5, 0.6) is 0 Å². The molecule has 2 aromatic heterocycles. The summed E-state index contributed by atoms with van der Waals surface area (Å²) in [5, 5.41) is 10.3. The lowest BCUT2D eigenvalue weighted by Gasteiger charge is -2.16. The maximum absolute atomic E-state index is 13.1. The van der Waals surface area contributed by atoms with E-state index in [1.165, 1.54) is 40.5 Å². The summed E-state index contributed by atoms with van der Waals surface area (Å²) < 4.78 is 19.4. The van der Waals surface area contributed by atoms with E-state index < -0.39 is 5.92 Å². The van der Waals surface area contributed by atoms with Gasteiger partial charge >= 0.3 is 6.01 Å². The molecule has 3 heterocycles. The first kappa shape index (κ1) is 17.8. The van der Waals surface area contributed by atoms with Crippen molar-refractivity contribution in [3.05, 3.63) is 46.0 Å². The average molecular weight is 451 g/mol. The first-order chi connectivity index (χ1) is 13.0. The third-order valence-electron chi connectivity index (χ3n) is 4.07. The Bertz CT molecular complexity index is 1000. The van der Waals surface area contributed by atoms with Crippen LogP contribution >= 0.6 is 27.3 Å². The number of nitrogens with one attached hydrogen (secondary N) is 1. The Kier molecular flexibility index (Phi) is 4.75. The normalized spacial score (nSPS) is 16.7. The maximum atomic E-state index is 13.1. The monoisotopic (exact) mass is 450 g/mol. The molecule has 10 heteroatoms. The lowest BCUT2D eigenvalue weighted by molar-refractivity contribution is -0.122. The van der Waals surface area contributed by atoms with Gasteiger partial charge in [-0.05, 0) is 52.3 Å². The maximum Gasteiger partial charge on any atom is 0.322 e. The number of benzene rings is 1. The van der Waals surface area contributed by atoms with Crippen LogP contribution in [-0.2, 0) is 9.59 Å². The van der Waals surface area contributed by atoms with E-state index in [4.69, 9.17) is 4.42 Å². The van der Waals surface area contributed by atoms with Crippen molar-refractivity contribution in [2.75, 3.05) is 16.8 Å².